The Hall–Kier alpha value is -1.10. The molecule has 0 saturated heterocycles. The summed E-state index contributed by atoms with van der Waals surface area (Å²) in [7, 11) is 0. The highest BCUT2D eigenvalue weighted by molar-refractivity contribution is 7.99. The average molecular weight is 296 g/mol. The molecule has 0 aliphatic carbocycles. The minimum atomic E-state index is -0.322. The number of rotatable bonds is 8. The summed E-state index contributed by atoms with van der Waals surface area (Å²) in [6.45, 7) is 8.62. The van der Waals surface area contributed by atoms with Crippen molar-refractivity contribution in [1.29, 1.82) is 0 Å². The second-order valence-corrected chi connectivity index (χ2v) is 6.07. The number of aryl methyl sites for hydroxylation is 1. The van der Waals surface area contributed by atoms with E-state index in [1.54, 1.807) is 13.1 Å². The van der Waals surface area contributed by atoms with Crippen molar-refractivity contribution in [3.8, 4) is 0 Å². The van der Waals surface area contributed by atoms with Crippen molar-refractivity contribution >= 4 is 17.7 Å². The summed E-state index contributed by atoms with van der Waals surface area (Å²) in [5.41, 5.74) is 1.31. The fourth-order valence-corrected chi connectivity index (χ4v) is 2.48. The number of hydrogen-bond donors (Lipinski definition) is 0. The van der Waals surface area contributed by atoms with Crippen LogP contribution in [-0.2, 0) is 16.9 Å². The van der Waals surface area contributed by atoms with Gasteiger partial charge in [-0.1, -0.05) is 27.2 Å². The smallest absolute Gasteiger partial charge is 0.341 e. The largest absolute Gasteiger partial charge is 0.462 e. The summed E-state index contributed by atoms with van der Waals surface area (Å²) < 4.78 is 5.05. The first-order chi connectivity index (χ1) is 9.62. The molecule has 0 radical (unpaired) electrons. The summed E-state index contributed by atoms with van der Waals surface area (Å²) in [6, 6.07) is 0. The van der Waals surface area contributed by atoms with Crippen molar-refractivity contribution in [2.45, 2.75) is 58.0 Å². The third-order valence-electron chi connectivity index (χ3n) is 2.97. The fraction of sp³-hybridized carbons (Fsp3) is 0.667. The molecule has 20 heavy (non-hydrogen) atoms. The van der Waals surface area contributed by atoms with E-state index in [4.69, 9.17) is 4.74 Å². The van der Waals surface area contributed by atoms with Gasteiger partial charge in [-0.15, -0.1) is 0 Å². The van der Waals surface area contributed by atoms with Gasteiger partial charge in [0.05, 0.1) is 23.6 Å². The normalized spacial score (nSPS) is 12.2. The zero-order valence-electron chi connectivity index (χ0n) is 12.8. The van der Waals surface area contributed by atoms with Crippen molar-refractivity contribution in [3.05, 3.63) is 23.3 Å². The second-order valence-electron chi connectivity index (χ2n) is 4.65. The molecule has 0 fully saturated rings. The molecule has 0 bridgehead atoms. The van der Waals surface area contributed by atoms with Crippen LogP contribution in [0.1, 0.15) is 62.4 Å². The van der Waals surface area contributed by atoms with Gasteiger partial charge >= 0.3 is 5.97 Å². The van der Waals surface area contributed by atoms with Gasteiger partial charge in [0.2, 0.25) is 0 Å². The third-order valence-corrected chi connectivity index (χ3v) is 4.30. The molecular weight excluding hydrogens is 272 g/mol. The Labute approximate surface area is 125 Å². The molecule has 1 heterocycles. The number of aromatic nitrogens is 2. The molecule has 0 spiro atoms. The fourth-order valence-electron chi connectivity index (χ4n) is 1.67. The number of esters is 1. The van der Waals surface area contributed by atoms with E-state index in [9.17, 15) is 4.79 Å². The highest BCUT2D eigenvalue weighted by Crippen LogP contribution is 2.19. The third kappa shape index (κ3) is 5.12. The summed E-state index contributed by atoms with van der Waals surface area (Å²) >= 11 is 1.84. The van der Waals surface area contributed by atoms with Crippen LogP contribution in [0.2, 0.25) is 0 Å². The molecule has 1 atom stereocenters. The van der Waals surface area contributed by atoms with Gasteiger partial charge in [0.15, 0.2) is 0 Å². The van der Waals surface area contributed by atoms with Gasteiger partial charge < -0.3 is 4.74 Å². The summed E-state index contributed by atoms with van der Waals surface area (Å²) in [5.74, 6) is 1.26. The predicted molar refractivity (Wildman–Crippen MR) is 83.0 cm³/mol. The average Bonchev–Trinajstić information content (AvgIpc) is 2.45. The van der Waals surface area contributed by atoms with Crippen molar-refractivity contribution < 1.29 is 9.53 Å². The molecule has 4 nitrogen and oxygen atoms in total. The minimum absolute atomic E-state index is 0.322. The van der Waals surface area contributed by atoms with E-state index in [-0.39, 0.29) is 5.97 Å². The van der Waals surface area contributed by atoms with Gasteiger partial charge in [-0.3, -0.25) is 0 Å². The summed E-state index contributed by atoms with van der Waals surface area (Å²) in [6.07, 6.45) is 4.47. The number of ether oxygens (including phenoxy) is 1. The number of carbonyl (C=O) groups excluding carboxylic acids is 1. The molecule has 0 amide bonds. The lowest BCUT2D eigenvalue weighted by Crippen LogP contribution is -2.12. The van der Waals surface area contributed by atoms with Gasteiger partial charge in [0, 0.05) is 11.4 Å². The van der Waals surface area contributed by atoms with E-state index < -0.39 is 0 Å². The van der Waals surface area contributed by atoms with Crippen LogP contribution in [0.25, 0.3) is 0 Å². The van der Waals surface area contributed by atoms with Crippen molar-refractivity contribution in [1.82, 2.24) is 9.97 Å². The number of thioether (sulfide) groups is 1. The quantitative estimate of drug-likeness (QED) is 0.686. The van der Waals surface area contributed by atoms with Crippen molar-refractivity contribution in [3.63, 3.8) is 0 Å². The summed E-state index contributed by atoms with van der Waals surface area (Å²) in [4.78, 5) is 20.7. The van der Waals surface area contributed by atoms with Crippen LogP contribution < -0.4 is 0 Å². The van der Waals surface area contributed by atoms with Crippen molar-refractivity contribution in [2.24, 2.45) is 0 Å². The lowest BCUT2D eigenvalue weighted by atomic mass is 10.1. The molecule has 112 valence electrons. The van der Waals surface area contributed by atoms with Crippen LogP contribution >= 0.6 is 11.8 Å². The lowest BCUT2D eigenvalue weighted by Gasteiger charge is -2.10. The molecular formula is C15H24N2O2S. The Bertz CT molecular complexity index is 438. The first-order valence-corrected chi connectivity index (χ1v) is 8.30. The Morgan fingerprint density at radius 2 is 2.15 bits per heavy atom. The molecule has 0 aliphatic rings. The zero-order chi connectivity index (χ0) is 15.0. The Kier molecular flexibility index (Phi) is 7.59. The predicted octanol–water partition coefficient (Wildman–Crippen LogP) is 3.64. The molecule has 1 aromatic rings. The van der Waals surface area contributed by atoms with Crippen LogP contribution in [0, 0.1) is 0 Å². The van der Waals surface area contributed by atoms with E-state index in [0.717, 1.165) is 36.5 Å². The standard InChI is InChI=1S/C15H24N2O2S/c1-5-8-13-12(15(18)19-7-3)9-16-14(17-13)10-20-11(4)6-2/h9,11H,5-8,10H2,1-4H3. The number of nitrogens with zero attached hydrogens (tertiary/aromatic N) is 2. The molecule has 0 saturated carbocycles. The van der Waals surface area contributed by atoms with Gasteiger partial charge in [0.25, 0.3) is 0 Å². The lowest BCUT2D eigenvalue weighted by molar-refractivity contribution is 0.0524. The second kappa shape index (κ2) is 8.95. The molecule has 5 heteroatoms. The van der Waals surface area contributed by atoms with E-state index >= 15 is 0 Å². The first-order valence-electron chi connectivity index (χ1n) is 7.25. The minimum Gasteiger partial charge on any atom is -0.462 e. The maximum absolute atomic E-state index is 11.9. The number of carbonyl (C=O) groups is 1. The molecule has 0 aliphatic heterocycles. The van der Waals surface area contributed by atoms with Gasteiger partial charge in [-0.2, -0.15) is 11.8 Å². The van der Waals surface area contributed by atoms with Crippen LogP contribution in [-0.4, -0.2) is 27.8 Å². The molecule has 1 aromatic heterocycles. The Morgan fingerprint density at radius 3 is 2.75 bits per heavy atom. The van der Waals surface area contributed by atoms with E-state index in [1.807, 2.05) is 11.8 Å². The van der Waals surface area contributed by atoms with Crippen LogP contribution in [0.15, 0.2) is 6.20 Å². The molecule has 1 unspecified atom stereocenters. The van der Waals surface area contributed by atoms with Crippen molar-refractivity contribution in [2.75, 3.05) is 6.61 Å². The Morgan fingerprint density at radius 1 is 1.40 bits per heavy atom. The van der Waals surface area contributed by atoms with Gasteiger partial charge in [-0.05, 0) is 19.8 Å². The topological polar surface area (TPSA) is 52.1 Å². The number of hydrogen-bond acceptors (Lipinski definition) is 5. The van der Waals surface area contributed by atoms with Gasteiger partial charge in [-0.25, -0.2) is 14.8 Å². The Balaban J connectivity index is 2.85. The maximum atomic E-state index is 11.9. The molecule has 1 rings (SSSR count). The van der Waals surface area contributed by atoms with Crippen LogP contribution in [0.4, 0.5) is 0 Å². The maximum Gasteiger partial charge on any atom is 0.341 e. The van der Waals surface area contributed by atoms with Gasteiger partial charge in [0.1, 0.15) is 5.82 Å². The van der Waals surface area contributed by atoms with E-state index in [2.05, 4.69) is 30.7 Å². The van der Waals surface area contributed by atoms with E-state index in [1.165, 1.54) is 0 Å². The molecule has 0 aromatic carbocycles. The SMILES string of the molecule is CCCc1nc(CSC(C)CC)ncc1C(=O)OCC. The van der Waals surface area contributed by atoms with Crippen LogP contribution in [0.3, 0.4) is 0 Å². The molecule has 0 N–H and O–H groups in total. The van der Waals surface area contributed by atoms with E-state index in [0.29, 0.717) is 17.4 Å². The monoisotopic (exact) mass is 296 g/mol. The highest BCUT2D eigenvalue weighted by atomic mass is 32.2. The first kappa shape index (κ1) is 17.0. The summed E-state index contributed by atoms with van der Waals surface area (Å²) in [5, 5.41) is 0.595. The zero-order valence-corrected chi connectivity index (χ0v) is 13.6. The van der Waals surface area contributed by atoms with Crippen LogP contribution in [0.5, 0.6) is 0 Å². The highest BCUT2D eigenvalue weighted by Gasteiger charge is 2.15.